The van der Waals surface area contributed by atoms with E-state index in [0.717, 1.165) is 12.0 Å². The van der Waals surface area contributed by atoms with Crippen molar-refractivity contribution in [3.8, 4) is 0 Å². The van der Waals surface area contributed by atoms with E-state index in [1.165, 1.54) is 5.57 Å². The van der Waals surface area contributed by atoms with Crippen LogP contribution in [0.15, 0.2) is 64.6 Å². The molecule has 1 unspecified atom stereocenters. The van der Waals surface area contributed by atoms with Gasteiger partial charge in [0.15, 0.2) is 5.76 Å². The van der Waals surface area contributed by atoms with Crippen molar-refractivity contribution in [3.63, 3.8) is 0 Å². The van der Waals surface area contributed by atoms with E-state index in [0.29, 0.717) is 12.1 Å². The van der Waals surface area contributed by atoms with Crippen molar-refractivity contribution in [3.05, 3.63) is 70.1 Å². The van der Waals surface area contributed by atoms with Gasteiger partial charge in [0.25, 0.3) is 0 Å². The van der Waals surface area contributed by atoms with Gasteiger partial charge in [-0.2, -0.15) is 0 Å². The van der Waals surface area contributed by atoms with E-state index in [1.807, 2.05) is 58.0 Å². The zero-order chi connectivity index (χ0) is 20.1. The number of hydrogen-bond donors (Lipinski definition) is 2. The summed E-state index contributed by atoms with van der Waals surface area (Å²) in [5.41, 5.74) is 3.01. The highest BCUT2D eigenvalue weighted by atomic mass is 16.3. The number of aliphatic hydroxyl groups is 1. The SMILES string of the molecule is CC(C)=CCC[C@@H](C)C1=C(O)C(=O)C(C)=C(NC(C)c2ccccc2)C1=O. The van der Waals surface area contributed by atoms with E-state index < -0.39 is 11.5 Å². The van der Waals surface area contributed by atoms with E-state index in [-0.39, 0.29) is 28.9 Å². The second kappa shape index (κ2) is 8.85. The zero-order valence-corrected chi connectivity index (χ0v) is 16.8. The largest absolute Gasteiger partial charge is 0.504 e. The average Bonchev–Trinajstić information content (AvgIpc) is 2.64. The molecule has 0 saturated heterocycles. The monoisotopic (exact) mass is 367 g/mol. The Hall–Kier alpha value is -2.62. The Bertz CT molecular complexity index is 811. The van der Waals surface area contributed by atoms with Crippen LogP contribution in [0.2, 0.25) is 0 Å². The molecule has 0 aliphatic heterocycles. The number of aliphatic hydroxyl groups excluding tert-OH is 1. The lowest BCUT2D eigenvalue weighted by Gasteiger charge is -2.26. The Labute approximate surface area is 161 Å². The molecule has 4 heteroatoms. The fourth-order valence-electron chi connectivity index (χ4n) is 3.26. The third-order valence-electron chi connectivity index (χ3n) is 4.96. The van der Waals surface area contributed by atoms with Crippen molar-refractivity contribution in [1.82, 2.24) is 5.32 Å². The van der Waals surface area contributed by atoms with Crippen LogP contribution in [0, 0.1) is 5.92 Å². The molecule has 4 nitrogen and oxygen atoms in total. The molecule has 144 valence electrons. The minimum atomic E-state index is -0.471. The molecule has 2 rings (SSSR count). The van der Waals surface area contributed by atoms with Crippen LogP contribution in [0.25, 0.3) is 0 Å². The molecule has 1 aliphatic rings. The van der Waals surface area contributed by atoms with Gasteiger partial charge in [-0.3, -0.25) is 9.59 Å². The van der Waals surface area contributed by atoms with Crippen LogP contribution in [0.3, 0.4) is 0 Å². The summed E-state index contributed by atoms with van der Waals surface area (Å²) in [6.45, 7) is 9.46. The van der Waals surface area contributed by atoms with Gasteiger partial charge >= 0.3 is 0 Å². The van der Waals surface area contributed by atoms with Crippen LogP contribution < -0.4 is 5.32 Å². The number of hydrogen-bond acceptors (Lipinski definition) is 4. The maximum atomic E-state index is 13.1. The van der Waals surface area contributed by atoms with E-state index in [4.69, 9.17) is 0 Å². The molecule has 0 radical (unpaired) electrons. The van der Waals surface area contributed by atoms with Gasteiger partial charge in [0.2, 0.25) is 11.6 Å². The van der Waals surface area contributed by atoms with Gasteiger partial charge < -0.3 is 10.4 Å². The van der Waals surface area contributed by atoms with E-state index >= 15 is 0 Å². The second-order valence-corrected chi connectivity index (χ2v) is 7.46. The molecule has 0 amide bonds. The van der Waals surface area contributed by atoms with Gasteiger partial charge in [-0.15, -0.1) is 0 Å². The molecule has 2 atom stereocenters. The van der Waals surface area contributed by atoms with Gasteiger partial charge in [0, 0.05) is 11.6 Å². The van der Waals surface area contributed by atoms with Crippen molar-refractivity contribution in [2.24, 2.45) is 5.92 Å². The first-order chi connectivity index (χ1) is 12.7. The molecule has 1 aliphatic carbocycles. The van der Waals surface area contributed by atoms with Crippen LogP contribution in [-0.2, 0) is 9.59 Å². The molecular formula is C23H29NO3. The minimum absolute atomic E-state index is 0.129. The maximum Gasteiger partial charge on any atom is 0.225 e. The van der Waals surface area contributed by atoms with Gasteiger partial charge in [-0.05, 0) is 52.0 Å². The highest BCUT2D eigenvalue weighted by Crippen LogP contribution is 2.30. The number of rotatable bonds is 7. The third-order valence-corrected chi connectivity index (χ3v) is 4.96. The molecular weight excluding hydrogens is 338 g/mol. The second-order valence-electron chi connectivity index (χ2n) is 7.46. The van der Waals surface area contributed by atoms with E-state index in [9.17, 15) is 14.7 Å². The Kier molecular flexibility index (Phi) is 6.78. The third kappa shape index (κ3) is 4.76. The van der Waals surface area contributed by atoms with Gasteiger partial charge in [-0.1, -0.05) is 48.9 Å². The standard InChI is InChI=1S/C23H29NO3/c1-14(2)10-9-11-15(3)19-22(26)20(16(4)21(25)23(19)27)24-17(5)18-12-7-6-8-13-18/h6-8,10,12-13,15,17,24,27H,9,11H2,1-5H3/t15-,17?/m1/s1. The predicted molar refractivity (Wildman–Crippen MR) is 108 cm³/mol. The molecule has 0 heterocycles. The number of allylic oxidation sites excluding steroid dienone is 4. The summed E-state index contributed by atoms with van der Waals surface area (Å²) >= 11 is 0. The molecule has 0 bridgehead atoms. The molecule has 1 aromatic carbocycles. The average molecular weight is 367 g/mol. The van der Waals surface area contributed by atoms with E-state index in [2.05, 4.69) is 11.4 Å². The summed E-state index contributed by atoms with van der Waals surface area (Å²) in [6, 6.07) is 9.62. The summed E-state index contributed by atoms with van der Waals surface area (Å²) < 4.78 is 0. The molecule has 0 spiro atoms. The Morgan fingerprint density at radius 2 is 1.74 bits per heavy atom. The number of ketones is 2. The first-order valence-electron chi connectivity index (χ1n) is 9.42. The summed E-state index contributed by atoms with van der Waals surface area (Å²) in [7, 11) is 0. The Balaban J connectivity index is 2.25. The van der Waals surface area contributed by atoms with Crippen molar-refractivity contribution in [2.45, 2.75) is 53.5 Å². The van der Waals surface area contributed by atoms with Crippen molar-refractivity contribution >= 4 is 11.6 Å². The molecule has 0 fully saturated rings. The highest BCUT2D eigenvalue weighted by molar-refractivity contribution is 6.24. The first-order valence-corrected chi connectivity index (χ1v) is 9.42. The molecule has 27 heavy (non-hydrogen) atoms. The van der Waals surface area contributed by atoms with Crippen molar-refractivity contribution in [1.29, 1.82) is 0 Å². The van der Waals surface area contributed by atoms with Gasteiger partial charge in [0.05, 0.1) is 11.3 Å². The van der Waals surface area contributed by atoms with Gasteiger partial charge in [-0.25, -0.2) is 0 Å². The lowest BCUT2D eigenvalue weighted by molar-refractivity contribution is -0.119. The van der Waals surface area contributed by atoms with Crippen molar-refractivity contribution in [2.75, 3.05) is 0 Å². The summed E-state index contributed by atoms with van der Waals surface area (Å²) in [4.78, 5) is 25.6. The van der Waals surface area contributed by atoms with Crippen molar-refractivity contribution < 1.29 is 14.7 Å². The lowest BCUT2D eigenvalue weighted by Crippen LogP contribution is -2.34. The number of nitrogens with one attached hydrogen (secondary N) is 1. The topological polar surface area (TPSA) is 66.4 Å². The molecule has 1 aromatic rings. The van der Waals surface area contributed by atoms with Crippen LogP contribution in [0.5, 0.6) is 0 Å². The zero-order valence-electron chi connectivity index (χ0n) is 16.8. The summed E-state index contributed by atoms with van der Waals surface area (Å²) in [5, 5.41) is 13.6. The summed E-state index contributed by atoms with van der Waals surface area (Å²) in [6.07, 6.45) is 3.60. The Morgan fingerprint density at radius 3 is 2.33 bits per heavy atom. The predicted octanol–water partition coefficient (Wildman–Crippen LogP) is 4.96. The normalized spacial score (nSPS) is 17.1. The molecule has 2 N–H and O–H groups in total. The van der Waals surface area contributed by atoms with Crippen LogP contribution >= 0.6 is 0 Å². The quantitative estimate of drug-likeness (QED) is 0.528. The fraction of sp³-hybridized carbons (Fsp3) is 0.391. The minimum Gasteiger partial charge on any atom is -0.504 e. The van der Waals surface area contributed by atoms with Crippen LogP contribution in [0.1, 0.15) is 59.1 Å². The Morgan fingerprint density at radius 1 is 1.11 bits per heavy atom. The smallest absolute Gasteiger partial charge is 0.225 e. The fourth-order valence-corrected chi connectivity index (χ4v) is 3.26. The number of carbonyl (C=O) groups is 2. The summed E-state index contributed by atoms with van der Waals surface area (Å²) in [5.74, 6) is -1.35. The highest BCUT2D eigenvalue weighted by Gasteiger charge is 2.35. The van der Waals surface area contributed by atoms with Gasteiger partial charge in [0.1, 0.15) is 0 Å². The maximum absolute atomic E-state index is 13.1. The lowest BCUT2D eigenvalue weighted by atomic mass is 9.83. The van der Waals surface area contributed by atoms with E-state index in [1.54, 1.807) is 6.92 Å². The first kappa shape index (κ1) is 20.7. The number of Topliss-reactive ketones (excluding diaryl/α,β-unsaturated/α-hetero) is 2. The van der Waals surface area contributed by atoms with Crippen LogP contribution in [0.4, 0.5) is 0 Å². The molecule has 0 aromatic heterocycles. The molecule has 0 saturated carbocycles. The van der Waals surface area contributed by atoms with Crippen LogP contribution in [-0.4, -0.2) is 16.7 Å². The number of carbonyl (C=O) groups excluding carboxylic acids is 2. The number of benzene rings is 1.